The molecule has 4 nitrogen and oxygen atoms in total. The lowest BCUT2D eigenvalue weighted by Gasteiger charge is -2.19. The van der Waals surface area contributed by atoms with Crippen LogP contribution in [0.15, 0.2) is 6.20 Å². The molecule has 1 aromatic heterocycles. The van der Waals surface area contributed by atoms with E-state index in [4.69, 9.17) is 10.7 Å². The normalized spacial score (nSPS) is 33.0. The van der Waals surface area contributed by atoms with E-state index in [1.54, 1.807) is 0 Å². The highest BCUT2D eigenvalue weighted by atomic mass is 15.1. The van der Waals surface area contributed by atoms with E-state index in [0.29, 0.717) is 5.92 Å². The van der Waals surface area contributed by atoms with Crippen molar-refractivity contribution in [1.29, 1.82) is 0 Å². The zero-order valence-electron chi connectivity index (χ0n) is 10.6. The summed E-state index contributed by atoms with van der Waals surface area (Å²) in [6.45, 7) is 4.29. The molecule has 2 atom stereocenters. The number of rotatable bonds is 1. The first-order valence-corrected chi connectivity index (χ1v) is 6.40. The second-order valence-electron chi connectivity index (χ2n) is 5.77. The van der Waals surface area contributed by atoms with Gasteiger partial charge in [0.1, 0.15) is 5.82 Å². The fraction of sp³-hybridized carbons (Fsp3) is 0.692. The number of fused-ring (bicyclic) bond motifs is 1. The Morgan fingerprint density at radius 1 is 1.53 bits per heavy atom. The number of hydrogen-bond donors (Lipinski definition) is 1. The molecule has 0 aromatic carbocycles. The Morgan fingerprint density at radius 3 is 3.06 bits per heavy atom. The van der Waals surface area contributed by atoms with E-state index in [1.165, 1.54) is 5.56 Å². The number of likely N-dealkylation sites (N-methyl/N-ethyl adjacent to an activating group) is 1. The molecule has 0 amide bonds. The number of hydrogen-bond acceptors (Lipinski definition) is 4. The minimum absolute atomic E-state index is 0.252. The van der Waals surface area contributed by atoms with Gasteiger partial charge in [-0.15, -0.1) is 0 Å². The van der Waals surface area contributed by atoms with Crippen LogP contribution in [0.5, 0.6) is 0 Å². The van der Waals surface area contributed by atoms with Gasteiger partial charge >= 0.3 is 0 Å². The van der Waals surface area contributed by atoms with Gasteiger partial charge in [0, 0.05) is 18.7 Å². The molecule has 1 aliphatic heterocycles. The maximum atomic E-state index is 6.28. The van der Waals surface area contributed by atoms with Crippen LogP contribution >= 0.6 is 0 Å². The molecule has 2 heterocycles. The van der Waals surface area contributed by atoms with Gasteiger partial charge in [-0.3, -0.25) is 0 Å². The van der Waals surface area contributed by atoms with Crippen molar-refractivity contribution in [3.8, 4) is 0 Å². The summed E-state index contributed by atoms with van der Waals surface area (Å²) >= 11 is 0. The summed E-state index contributed by atoms with van der Waals surface area (Å²) in [5, 5.41) is 0. The van der Waals surface area contributed by atoms with Crippen LogP contribution in [-0.4, -0.2) is 35.0 Å². The van der Waals surface area contributed by atoms with Crippen LogP contribution in [0, 0.1) is 0 Å². The van der Waals surface area contributed by atoms with Gasteiger partial charge in [0.05, 0.1) is 11.2 Å². The van der Waals surface area contributed by atoms with Crippen LogP contribution in [0.3, 0.4) is 0 Å². The Labute approximate surface area is 102 Å². The third kappa shape index (κ3) is 1.85. The minimum Gasteiger partial charge on any atom is -0.320 e. The number of aromatic nitrogens is 2. The number of aryl methyl sites for hydroxylation is 1. The average molecular weight is 232 g/mol. The molecule has 2 N–H and O–H groups in total. The van der Waals surface area contributed by atoms with Crippen LogP contribution in [0.2, 0.25) is 0 Å². The van der Waals surface area contributed by atoms with E-state index >= 15 is 0 Å². The molecule has 2 aliphatic rings. The molecule has 3 rings (SSSR count). The van der Waals surface area contributed by atoms with Crippen molar-refractivity contribution in [2.75, 3.05) is 20.1 Å². The Balaban J connectivity index is 1.93. The number of likely N-dealkylation sites (tertiary alicyclic amines) is 1. The predicted molar refractivity (Wildman–Crippen MR) is 66.7 cm³/mol. The molecule has 17 heavy (non-hydrogen) atoms. The molecular weight excluding hydrogens is 212 g/mol. The van der Waals surface area contributed by atoms with Crippen molar-refractivity contribution >= 4 is 0 Å². The van der Waals surface area contributed by atoms with Crippen molar-refractivity contribution in [2.24, 2.45) is 5.73 Å². The largest absolute Gasteiger partial charge is 0.320 e. The second kappa shape index (κ2) is 3.75. The van der Waals surface area contributed by atoms with Gasteiger partial charge in [-0.25, -0.2) is 9.97 Å². The Bertz CT molecular complexity index is 441. The molecule has 0 radical (unpaired) electrons. The van der Waals surface area contributed by atoms with Crippen molar-refractivity contribution in [2.45, 2.75) is 37.6 Å². The number of nitrogens with zero attached hydrogens (tertiary/aromatic N) is 3. The molecule has 0 spiro atoms. The molecule has 1 fully saturated rings. The van der Waals surface area contributed by atoms with Crippen molar-refractivity contribution in [1.82, 2.24) is 14.9 Å². The van der Waals surface area contributed by atoms with Crippen LogP contribution in [-0.2, 0) is 12.0 Å². The molecular formula is C13H20N4. The first-order chi connectivity index (χ1) is 8.06. The van der Waals surface area contributed by atoms with E-state index < -0.39 is 0 Å². The van der Waals surface area contributed by atoms with Crippen molar-refractivity contribution in [3.05, 3.63) is 23.3 Å². The molecule has 1 saturated heterocycles. The highest BCUT2D eigenvalue weighted by Crippen LogP contribution is 2.34. The van der Waals surface area contributed by atoms with Crippen LogP contribution in [0.1, 0.15) is 42.8 Å². The molecule has 1 aromatic rings. The average Bonchev–Trinajstić information content (AvgIpc) is 2.84. The first-order valence-electron chi connectivity index (χ1n) is 6.40. The third-order valence-corrected chi connectivity index (χ3v) is 4.09. The van der Waals surface area contributed by atoms with Crippen LogP contribution in [0.25, 0.3) is 0 Å². The molecule has 0 bridgehead atoms. The monoisotopic (exact) mass is 232 g/mol. The molecule has 1 aliphatic carbocycles. The summed E-state index contributed by atoms with van der Waals surface area (Å²) in [6, 6.07) is 0. The van der Waals surface area contributed by atoms with Gasteiger partial charge in [-0.2, -0.15) is 0 Å². The Kier molecular flexibility index (Phi) is 2.45. The Hall–Kier alpha value is -1.00. The van der Waals surface area contributed by atoms with E-state index in [-0.39, 0.29) is 5.54 Å². The fourth-order valence-electron chi connectivity index (χ4n) is 2.95. The van der Waals surface area contributed by atoms with Crippen LogP contribution < -0.4 is 5.73 Å². The molecule has 92 valence electrons. The van der Waals surface area contributed by atoms with E-state index in [1.807, 2.05) is 6.20 Å². The van der Waals surface area contributed by atoms with Gasteiger partial charge in [-0.1, -0.05) is 0 Å². The summed E-state index contributed by atoms with van der Waals surface area (Å²) in [4.78, 5) is 11.6. The topological polar surface area (TPSA) is 55.0 Å². The zero-order chi connectivity index (χ0) is 12.0. The van der Waals surface area contributed by atoms with E-state index in [0.717, 1.165) is 43.9 Å². The highest BCUT2D eigenvalue weighted by Gasteiger charge is 2.34. The lowest BCUT2D eigenvalue weighted by molar-refractivity contribution is 0.409. The SMILES string of the molecule is CN1CCC(c2ncc3c(n2)C(C)(N)CC3)C1. The minimum atomic E-state index is -0.252. The lowest BCUT2D eigenvalue weighted by Crippen LogP contribution is -2.31. The highest BCUT2D eigenvalue weighted by molar-refractivity contribution is 5.31. The van der Waals surface area contributed by atoms with Gasteiger partial charge in [-0.05, 0) is 45.3 Å². The van der Waals surface area contributed by atoms with Gasteiger partial charge in [0.25, 0.3) is 0 Å². The molecule has 0 saturated carbocycles. The maximum absolute atomic E-state index is 6.28. The first kappa shape index (κ1) is 11.1. The fourth-order valence-corrected chi connectivity index (χ4v) is 2.95. The van der Waals surface area contributed by atoms with Crippen molar-refractivity contribution in [3.63, 3.8) is 0 Å². The maximum Gasteiger partial charge on any atom is 0.133 e. The van der Waals surface area contributed by atoms with Crippen molar-refractivity contribution < 1.29 is 0 Å². The van der Waals surface area contributed by atoms with Gasteiger partial charge in [0.15, 0.2) is 0 Å². The Morgan fingerprint density at radius 2 is 2.35 bits per heavy atom. The quantitative estimate of drug-likeness (QED) is 0.785. The summed E-state index contributed by atoms with van der Waals surface area (Å²) in [7, 11) is 2.15. The summed E-state index contributed by atoms with van der Waals surface area (Å²) in [5.74, 6) is 1.48. The van der Waals surface area contributed by atoms with Gasteiger partial charge in [0.2, 0.25) is 0 Å². The van der Waals surface area contributed by atoms with Crippen LogP contribution in [0.4, 0.5) is 0 Å². The summed E-state index contributed by atoms with van der Waals surface area (Å²) in [5.41, 5.74) is 8.35. The lowest BCUT2D eigenvalue weighted by atomic mass is 10.0. The predicted octanol–water partition coefficient (Wildman–Crippen LogP) is 1.02. The zero-order valence-corrected chi connectivity index (χ0v) is 10.6. The van der Waals surface area contributed by atoms with E-state index in [9.17, 15) is 0 Å². The second-order valence-corrected chi connectivity index (χ2v) is 5.77. The molecule has 4 heteroatoms. The smallest absolute Gasteiger partial charge is 0.133 e. The van der Waals surface area contributed by atoms with E-state index in [2.05, 4.69) is 23.9 Å². The molecule has 2 unspecified atom stereocenters. The standard InChI is InChI=1S/C13H20N4/c1-13(14)5-3-9-7-15-12(16-11(9)13)10-4-6-17(2)8-10/h7,10H,3-6,8,14H2,1-2H3. The van der Waals surface area contributed by atoms with Gasteiger partial charge < -0.3 is 10.6 Å². The summed E-state index contributed by atoms with van der Waals surface area (Å²) < 4.78 is 0. The number of nitrogens with two attached hydrogens (primary N) is 1. The summed E-state index contributed by atoms with van der Waals surface area (Å²) in [6.07, 6.45) is 5.17. The third-order valence-electron chi connectivity index (χ3n) is 4.09.